The summed E-state index contributed by atoms with van der Waals surface area (Å²) in [6, 6.07) is 13.3. The molecule has 3 rings (SSSR count). The Morgan fingerprint density at radius 2 is 1.93 bits per heavy atom. The topological polar surface area (TPSA) is 75.7 Å². The van der Waals surface area contributed by atoms with Crippen LogP contribution in [0.2, 0.25) is 5.02 Å². The highest BCUT2D eigenvalue weighted by Gasteiger charge is 2.21. The van der Waals surface area contributed by atoms with E-state index in [1.165, 1.54) is 24.3 Å². The van der Waals surface area contributed by atoms with Crippen LogP contribution in [-0.2, 0) is 21.3 Å². The first-order valence-electron chi connectivity index (χ1n) is 9.07. The number of sulfonamides is 1. The highest BCUT2D eigenvalue weighted by molar-refractivity contribution is 7.89. The van der Waals surface area contributed by atoms with Crippen LogP contribution in [0.5, 0.6) is 0 Å². The van der Waals surface area contributed by atoms with Crippen molar-refractivity contribution >= 4 is 27.5 Å². The van der Waals surface area contributed by atoms with E-state index in [0.717, 1.165) is 18.4 Å². The summed E-state index contributed by atoms with van der Waals surface area (Å²) in [4.78, 5) is 14.3. The molecular formula is C20H23ClN2O4S. The third-order valence-electron chi connectivity index (χ3n) is 4.65. The third-order valence-corrected chi connectivity index (χ3v) is 6.46. The van der Waals surface area contributed by atoms with E-state index < -0.39 is 10.0 Å². The average molecular weight is 423 g/mol. The first-order chi connectivity index (χ1) is 13.4. The molecule has 2 aromatic carbocycles. The van der Waals surface area contributed by atoms with Gasteiger partial charge in [0.25, 0.3) is 5.91 Å². The summed E-state index contributed by atoms with van der Waals surface area (Å²) in [5, 5.41) is 0.598. The number of nitrogens with zero attached hydrogens (tertiary/aromatic N) is 1. The van der Waals surface area contributed by atoms with E-state index >= 15 is 0 Å². The van der Waals surface area contributed by atoms with Crippen molar-refractivity contribution in [3.63, 3.8) is 0 Å². The summed E-state index contributed by atoms with van der Waals surface area (Å²) in [6.45, 7) is 1.29. The molecule has 0 aromatic heterocycles. The maximum absolute atomic E-state index is 12.6. The Hall–Kier alpha value is -1.93. The number of carbonyl (C=O) groups is 1. The van der Waals surface area contributed by atoms with Crippen LogP contribution in [0.4, 0.5) is 0 Å². The molecule has 150 valence electrons. The predicted octanol–water partition coefficient (Wildman–Crippen LogP) is 3.07. The zero-order valence-electron chi connectivity index (χ0n) is 15.6. The minimum Gasteiger partial charge on any atom is -0.377 e. The van der Waals surface area contributed by atoms with Crippen molar-refractivity contribution < 1.29 is 17.9 Å². The van der Waals surface area contributed by atoms with Gasteiger partial charge < -0.3 is 9.64 Å². The number of hydrogen-bond donors (Lipinski definition) is 1. The summed E-state index contributed by atoms with van der Waals surface area (Å²) in [6.07, 6.45) is 1.73. The van der Waals surface area contributed by atoms with Gasteiger partial charge in [-0.2, -0.15) is 0 Å². The van der Waals surface area contributed by atoms with Crippen LogP contribution in [0.3, 0.4) is 0 Å². The quantitative estimate of drug-likeness (QED) is 0.744. The van der Waals surface area contributed by atoms with Gasteiger partial charge in [-0.1, -0.05) is 29.8 Å². The number of hydrogen-bond acceptors (Lipinski definition) is 4. The average Bonchev–Trinajstić information content (AvgIpc) is 3.21. The lowest BCUT2D eigenvalue weighted by molar-refractivity contribution is 0.0785. The maximum Gasteiger partial charge on any atom is 0.253 e. The lowest BCUT2D eigenvalue weighted by Gasteiger charge is -2.18. The van der Waals surface area contributed by atoms with Crippen molar-refractivity contribution in [1.29, 1.82) is 0 Å². The van der Waals surface area contributed by atoms with E-state index in [0.29, 0.717) is 23.7 Å². The lowest BCUT2D eigenvalue weighted by atomic mass is 10.1. The monoisotopic (exact) mass is 422 g/mol. The van der Waals surface area contributed by atoms with Crippen molar-refractivity contribution in [3.8, 4) is 0 Å². The number of nitrogens with one attached hydrogen (secondary N) is 1. The number of amides is 1. The smallest absolute Gasteiger partial charge is 0.253 e. The fraction of sp³-hybridized carbons (Fsp3) is 0.350. The van der Waals surface area contributed by atoms with Crippen LogP contribution in [-0.4, -0.2) is 45.5 Å². The molecule has 0 radical (unpaired) electrons. The minimum absolute atomic E-state index is 0.0749. The molecule has 6 nitrogen and oxygen atoms in total. The maximum atomic E-state index is 12.6. The summed E-state index contributed by atoms with van der Waals surface area (Å²) >= 11 is 6.15. The Morgan fingerprint density at radius 1 is 1.21 bits per heavy atom. The molecule has 0 bridgehead atoms. The van der Waals surface area contributed by atoms with E-state index in [9.17, 15) is 13.2 Å². The first-order valence-corrected chi connectivity index (χ1v) is 10.9. The van der Waals surface area contributed by atoms with E-state index in [1.807, 2.05) is 18.2 Å². The SMILES string of the molecule is CN(Cc1ccccc1Cl)C(=O)c1ccc(S(=O)(=O)NCC2CCCO2)cc1. The fourth-order valence-electron chi connectivity index (χ4n) is 3.04. The third kappa shape index (κ3) is 5.11. The summed E-state index contributed by atoms with van der Waals surface area (Å²) < 4.78 is 32.8. The largest absolute Gasteiger partial charge is 0.377 e. The molecule has 1 N–H and O–H groups in total. The molecule has 1 atom stereocenters. The van der Waals surface area contributed by atoms with Crippen molar-refractivity contribution in [2.75, 3.05) is 20.2 Å². The second-order valence-corrected chi connectivity index (χ2v) is 8.94. The molecule has 1 saturated heterocycles. The van der Waals surface area contributed by atoms with Gasteiger partial charge in [0.15, 0.2) is 0 Å². The van der Waals surface area contributed by atoms with E-state index in [-0.39, 0.29) is 23.5 Å². The van der Waals surface area contributed by atoms with Gasteiger partial charge in [0.2, 0.25) is 10.0 Å². The number of rotatable bonds is 7. The highest BCUT2D eigenvalue weighted by Crippen LogP contribution is 2.18. The standard InChI is InChI=1S/C20H23ClN2O4S/c1-23(14-16-5-2-3-7-19(16)21)20(24)15-8-10-18(11-9-15)28(25,26)22-13-17-6-4-12-27-17/h2-3,5,7-11,17,22H,4,6,12-14H2,1H3. The van der Waals surface area contributed by atoms with Crippen molar-refractivity contribution in [3.05, 3.63) is 64.7 Å². The van der Waals surface area contributed by atoms with Gasteiger partial charge in [-0.15, -0.1) is 0 Å². The zero-order valence-corrected chi connectivity index (χ0v) is 17.2. The minimum atomic E-state index is -3.64. The molecule has 0 aliphatic carbocycles. The normalized spacial score (nSPS) is 16.9. The molecule has 1 amide bonds. The van der Waals surface area contributed by atoms with Gasteiger partial charge in [0, 0.05) is 37.3 Å². The Kier molecular flexibility index (Phi) is 6.72. The molecule has 28 heavy (non-hydrogen) atoms. The van der Waals surface area contributed by atoms with Crippen LogP contribution in [0.15, 0.2) is 53.4 Å². The second-order valence-electron chi connectivity index (χ2n) is 6.76. The second kappa shape index (κ2) is 9.05. The fourth-order valence-corrected chi connectivity index (χ4v) is 4.30. The van der Waals surface area contributed by atoms with Crippen LogP contribution in [0.1, 0.15) is 28.8 Å². The Bertz CT molecular complexity index is 925. The molecule has 0 spiro atoms. The molecular weight excluding hydrogens is 400 g/mol. The van der Waals surface area contributed by atoms with E-state index in [2.05, 4.69) is 4.72 Å². The zero-order chi connectivity index (χ0) is 20.1. The van der Waals surface area contributed by atoms with Crippen LogP contribution in [0.25, 0.3) is 0 Å². The molecule has 1 aliphatic heterocycles. The highest BCUT2D eigenvalue weighted by atomic mass is 35.5. The molecule has 0 saturated carbocycles. The van der Waals surface area contributed by atoms with E-state index in [4.69, 9.17) is 16.3 Å². The summed E-state index contributed by atoms with van der Waals surface area (Å²) in [5.41, 5.74) is 1.25. The molecule has 1 unspecified atom stereocenters. The number of halogens is 1. The van der Waals surface area contributed by atoms with Gasteiger partial charge in [-0.05, 0) is 48.7 Å². The van der Waals surface area contributed by atoms with E-state index in [1.54, 1.807) is 18.0 Å². The Balaban J connectivity index is 1.64. The summed E-state index contributed by atoms with van der Waals surface area (Å²) in [5.74, 6) is -0.212. The molecule has 1 aliphatic rings. The van der Waals surface area contributed by atoms with Crippen molar-refractivity contribution in [1.82, 2.24) is 9.62 Å². The molecule has 8 heteroatoms. The predicted molar refractivity (Wildman–Crippen MR) is 108 cm³/mol. The van der Waals surface area contributed by atoms with Crippen LogP contribution < -0.4 is 4.72 Å². The molecule has 1 fully saturated rings. The van der Waals surface area contributed by atoms with Gasteiger partial charge in [0.05, 0.1) is 11.0 Å². The number of benzene rings is 2. The van der Waals surface area contributed by atoms with Crippen molar-refractivity contribution in [2.45, 2.75) is 30.4 Å². The van der Waals surface area contributed by atoms with Crippen LogP contribution in [0, 0.1) is 0 Å². The molecule has 1 heterocycles. The first kappa shape index (κ1) is 20.8. The lowest BCUT2D eigenvalue weighted by Crippen LogP contribution is -2.32. The van der Waals surface area contributed by atoms with Crippen molar-refractivity contribution in [2.24, 2.45) is 0 Å². The van der Waals surface area contributed by atoms with Gasteiger partial charge in [-0.25, -0.2) is 13.1 Å². The Labute approximate surface area is 170 Å². The van der Waals surface area contributed by atoms with Crippen LogP contribution >= 0.6 is 11.6 Å². The summed E-state index contributed by atoms with van der Waals surface area (Å²) in [7, 11) is -1.96. The number of ether oxygens (including phenoxy) is 1. The number of carbonyl (C=O) groups excluding carboxylic acids is 1. The van der Waals surface area contributed by atoms with Gasteiger partial charge >= 0.3 is 0 Å². The molecule has 2 aromatic rings. The van der Waals surface area contributed by atoms with Gasteiger partial charge in [0.1, 0.15) is 0 Å². The van der Waals surface area contributed by atoms with Gasteiger partial charge in [-0.3, -0.25) is 4.79 Å². The Morgan fingerprint density at radius 3 is 2.57 bits per heavy atom.